The van der Waals surface area contributed by atoms with Gasteiger partial charge in [-0.1, -0.05) is 18.2 Å². The fourth-order valence-electron chi connectivity index (χ4n) is 2.53. The molecule has 2 amide bonds. The molecule has 0 radical (unpaired) electrons. The molecule has 20 heavy (non-hydrogen) atoms. The van der Waals surface area contributed by atoms with E-state index in [4.69, 9.17) is 16.7 Å². The Morgan fingerprint density at radius 2 is 1.85 bits per heavy atom. The number of carbonyl (C=O) groups excluding carboxylic acids is 1. The summed E-state index contributed by atoms with van der Waals surface area (Å²) in [5.74, 6) is -0.222. The van der Waals surface area contributed by atoms with E-state index in [0.717, 1.165) is 5.69 Å². The molecule has 0 aromatic heterocycles. The summed E-state index contributed by atoms with van der Waals surface area (Å²) < 4.78 is 0. The number of anilines is 1. The van der Waals surface area contributed by atoms with E-state index < -0.39 is 6.09 Å². The van der Waals surface area contributed by atoms with Crippen molar-refractivity contribution >= 4 is 29.3 Å². The second-order valence-corrected chi connectivity index (χ2v) is 5.00. The van der Waals surface area contributed by atoms with Gasteiger partial charge in [0.1, 0.15) is 5.88 Å². The van der Waals surface area contributed by atoms with Gasteiger partial charge in [0.15, 0.2) is 0 Å². The number of amides is 2. The van der Waals surface area contributed by atoms with Gasteiger partial charge in [-0.2, -0.15) is 0 Å². The predicted octanol–water partition coefficient (Wildman–Crippen LogP) is 2.40. The summed E-state index contributed by atoms with van der Waals surface area (Å²) in [6.45, 7) is 0.887. The molecule has 1 aromatic carbocycles. The number of likely N-dealkylation sites (tertiary alicyclic amines) is 1. The highest BCUT2D eigenvalue weighted by Crippen LogP contribution is 2.24. The van der Waals surface area contributed by atoms with Crippen molar-refractivity contribution in [1.82, 2.24) is 4.90 Å². The van der Waals surface area contributed by atoms with Crippen LogP contribution in [0.15, 0.2) is 30.3 Å². The molecule has 2 rings (SSSR count). The molecule has 0 spiro atoms. The van der Waals surface area contributed by atoms with E-state index in [1.807, 2.05) is 30.3 Å². The summed E-state index contributed by atoms with van der Waals surface area (Å²) in [5.41, 5.74) is 0.812. The molecule has 0 unspecified atom stereocenters. The van der Waals surface area contributed by atoms with Gasteiger partial charge in [-0.15, -0.1) is 11.6 Å². The molecule has 0 saturated carbocycles. The van der Waals surface area contributed by atoms with Crippen molar-refractivity contribution in [2.45, 2.75) is 18.9 Å². The third-order valence-electron chi connectivity index (χ3n) is 3.52. The lowest BCUT2D eigenvalue weighted by Crippen LogP contribution is -2.49. The Kier molecular flexibility index (Phi) is 4.84. The first-order valence-corrected chi connectivity index (χ1v) is 7.08. The van der Waals surface area contributed by atoms with Crippen LogP contribution in [0.1, 0.15) is 12.8 Å². The molecule has 1 fully saturated rings. The Morgan fingerprint density at radius 1 is 1.25 bits per heavy atom. The van der Waals surface area contributed by atoms with Crippen LogP contribution in [0, 0.1) is 0 Å². The van der Waals surface area contributed by atoms with E-state index >= 15 is 0 Å². The van der Waals surface area contributed by atoms with Crippen LogP contribution in [-0.4, -0.2) is 47.0 Å². The van der Waals surface area contributed by atoms with Gasteiger partial charge in [0, 0.05) is 24.8 Å². The van der Waals surface area contributed by atoms with E-state index in [-0.39, 0.29) is 17.8 Å². The monoisotopic (exact) mass is 296 g/mol. The predicted molar refractivity (Wildman–Crippen MR) is 77.3 cm³/mol. The summed E-state index contributed by atoms with van der Waals surface area (Å²) in [6, 6.07) is 9.37. The zero-order valence-electron chi connectivity index (χ0n) is 11.0. The third-order valence-corrected chi connectivity index (χ3v) is 3.75. The molecular weight excluding hydrogens is 280 g/mol. The van der Waals surface area contributed by atoms with Crippen LogP contribution in [0.4, 0.5) is 10.5 Å². The maximum atomic E-state index is 12.1. The minimum absolute atomic E-state index is 0.000694. The molecule has 1 heterocycles. The number of rotatable bonds is 3. The van der Waals surface area contributed by atoms with Crippen LogP contribution in [-0.2, 0) is 4.79 Å². The molecular formula is C14H17ClN2O3. The van der Waals surface area contributed by atoms with Crippen molar-refractivity contribution in [3.8, 4) is 0 Å². The van der Waals surface area contributed by atoms with Crippen molar-refractivity contribution in [1.29, 1.82) is 0 Å². The standard InChI is InChI=1S/C14H17ClN2O3/c15-10-13(18)17(11-4-2-1-3-5-11)12-6-8-16(9-7-12)14(19)20/h1-5,12H,6-10H2,(H,19,20). The SMILES string of the molecule is O=C(O)N1CCC(N(C(=O)CCl)c2ccccc2)CC1. The second kappa shape index (κ2) is 6.61. The quantitative estimate of drug-likeness (QED) is 0.871. The number of nitrogens with zero attached hydrogens (tertiary/aromatic N) is 2. The van der Waals surface area contributed by atoms with Gasteiger partial charge < -0.3 is 14.9 Å². The van der Waals surface area contributed by atoms with Crippen molar-refractivity contribution in [2.24, 2.45) is 0 Å². The highest BCUT2D eigenvalue weighted by Gasteiger charge is 2.30. The van der Waals surface area contributed by atoms with Gasteiger partial charge in [-0.3, -0.25) is 4.79 Å². The molecule has 1 aliphatic rings. The van der Waals surface area contributed by atoms with Crippen molar-refractivity contribution in [3.63, 3.8) is 0 Å². The Hall–Kier alpha value is -1.75. The first-order chi connectivity index (χ1) is 9.63. The zero-order chi connectivity index (χ0) is 14.5. The van der Waals surface area contributed by atoms with Gasteiger partial charge in [-0.05, 0) is 25.0 Å². The smallest absolute Gasteiger partial charge is 0.407 e. The topological polar surface area (TPSA) is 60.9 Å². The first-order valence-electron chi connectivity index (χ1n) is 6.54. The van der Waals surface area contributed by atoms with Crippen LogP contribution in [0.25, 0.3) is 0 Å². The minimum atomic E-state index is -0.904. The number of hydrogen-bond acceptors (Lipinski definition) is 2. The van der Waals surface area contributed by atoms with Crippen LogP contribution < -0.4 is 4.90 Å². The molecule has 6 heteroatoms. The minimum Gasteiger partial charge on any atom is -0.465 e. The lowest BCUT2D eigenvalue weighted by molar-refractivity contribution is -0.116. The van der Waals surface area contributed by atoms with Crippen LogP contribution in [0.3, 0.4) is 0 Å². The molecule has 0 aliphatic carbocycles. The number of alkyl halides is 1. The van der Waals surface area contributed by atoms with Crippen molar-refractivity contribution in [2.75, 3.05) is 23.9 Å². The van der Waals surface area contributed by atoms with Crippen LogP contribution >= 0.6 is 11.6 Å². The Bertz CT molecular complexity index is 473. The second-order valence-electron chi connectivity index (χ2n) is 4.73. The van der Waals surface area contributed by atoms with Crippen LogP contribution in [0.5, 0.6) is 0 Å². The lowest BCUT2D eigenvalue weighted by atomic mass is 10.0. The zero-order valence-corrected chi connectivity index (χ0v) is 11.8. The average molecular weight is 297 g/mol. The highest BCUT2D eigenvalue weighted by molar-refractivity contribution is 6.29. The fraction of sp³-hybridized carbons (Fsp3) is 0.429. The molecule has 1 aromatic rings. The van der Waals surface area contributed by atoms with E-state index in [2.05, 4.69) is 0 Å². The number of carboxylic acid groups (broad SMARTS) is 1. The summed E-state index contributed by atoms with van der Waals surface area (Å²) in [7, 11) is 0. The van der Waals surface area contributed by atoms with Crippen molar-refractivity contribution < 1.29 is 14.7 Å². The number of para-hydroxylation sites is 1. The van der Waals surface area contributed by atoms with Gasteiger partial charge in [0.2, 0.25) is 5.91 Å². The van der Waals surface area contributed by atoms with Gasteiger partial charge >= 0.3 is 6.09 Å². The summed E-state index contributed by atoms with van der Waals surface area (Å²) in [6.07, 6.45) is 0.353. The third kappa shape index (κ3) is 3.22. The van der Waals surface area contributed by atoms with Crippen molar-refractivity contribution in [3.05, 3.63) is 30.3 Å². The summed E-state index contributed by atoms with van der Waals surface area (Å²) in [5, 5.41) is 8.96. The molecule has 0 bridgehead atoms. The Labute approximate surface area is 122 Å². The lowest BCUT2D eigenvalue weighted by Gasteiger charge is -2.37. The molecule has 5 nitrogen and oxygen atoms in total. The Balaban J connectivity index is 2.13. The van der Waals surface area contributed by atoms with Crippen LogP contribution in [0.2, 0.25) is 0 Å². The normalized spacial score (nSPS) is 15.9. The summed E-state index contributed by atoms with van der Waals surface area (Å²) in [4.78, 5) is 26.1. The van der Waals surface area contributed by atoms with E-state index in [1.165, 1.54) is 4.90 Å². The van der Waals surface area contributed by atoms with Gasteiger partial charge in [0.25, 0.3) is 0 Å². The molecule has 0 atom stereocenters. The van der Waals surface area contributed by atoms with Gasteiger partial charge in [0.05, 0.1) is 0 Å². The number of hydrogen-bond donors (Lipinski definition) is 1. The van der Waals surface area contributed by atoms with Gasteiger partial charge in [-0.25, -0.2) is 4.79 Å². The number of carbonyl (C=O) groups is 2. The Morgan fingerprint density at radius 3 is 2.35 bits per heavy atom. The molecule has 1 aliphatic heterocycles. The first kappa shape index (κ1) is 14.7. The number of piperidine rings is 1. The number of halogens is 1. The van der Waals surface area contributed by atoms with E-state index in [1.54, 1.807) is 4.90 Å². The molecule has 108 valence electrons. The maximum absolute atomic E-state index is 12.1. The largest absolute Gasteiger partial charge is 0.465 e. The molecule has 1 saturated heterocycles. The number of benzene rings is 1. The van der Waals surface area contributed by atoms with E-state index in [9.17, 15) is 9.59 Å². The maximum Gasteiger partial charge on any atom is 0.407 e. The fourth-order valence-corrected chi connectivity index (χ4v) is 2.66. The average Bonchev–Trinajstić information content (AvgIpc) is 2.49. The van der Waals surface area contributed by atoms with E-state index in [0.29, 0.717) is 25.9 Å². The highest BCUT2D eigenvalue weighted by atomic mass is 35.5. The summed E-state index contributed by atoms with van der Waals surface area (Å²) >= 11 is 5.70. The molecule has 1 N–H and O–H groups in total.